The maximum Gasteiger partial charge on any atom is 0.176 e. The molecule has 2 nitrogen and oxygen atoms in total. The number of carbonyl (C=O) groups excluding carboxylic acids is 1. The van der Waals surface area contributed by atoms with E-state index in [2.05, 4.69) is 11.8 Å². The number of rotatable bonds is 4. The molecule has 1 aromatic rings. The van der Waals surface area contributed by atoms with Gasteiger partial charge in [0.05, 0.1) is 6.54 Å². The minimum Gasteiger partial charge on any atom is -0.294 e. The summed E-state index contributed by atoms with van der Waals surface area (Å²) < 4.78 is 25.9. The third-order valence-corrected chi connectivity index (χ3v) is 4.66. The van der Waals surface area contributed by atoms with E-state index >= 15 is 0 Å². The zero-order valence-electron chi connectivity index (χ0n) is 10.9. The molecule has 104 valence electrons. The molecule has 1 aromatic carbocycles. The zero-order chi connectivity index (χ0) is 13.8. The fourth-order valence-corrected chi connectivity index (χ4v) is 3.38. The summed E-state index contributed by atoms with van der Waals surface area (Å²) >= 11 is 1.93. The summed E-state index contributed by atoms with van der Waals surface area (Å²) in [6, 6.07) is 3.33. The van der Waals surface area contributed by atoms with Crippen molar-refractivity contribution < 1.29 is 13.6 Å². The van der Waals surface area contributed by atoms with E-state index in [9.17, 15) is 13.6 Å². The summed E-state index contributed by atoms with van der Waals surface area (Å²) in [6.07, 6.45) is 1.08. The van der Waals surface area contributed by atoms with Gasteiger partial charge in [0, 0.05) is 29.7 Å². The fourth-order valence-electron chi connectivity index (χ4n) is 2.13. The molecule has 0 saturated carbocycles. The van der Waals surface area contributed by atoms with Crippen LogP contribution in [0.4, 0.5) is 8.78 Å². The Bertz CT molecular complexity index is 467. The van der Waals surface area contributed by atoms with Crippen molar-refractivity contribution in [2.24, 2.45) is 0 Å². The summed E-state index contributed by atoms with van der Waals surface area (Å²) in [7, 11) is 0. The smallest absolute Gasteiger partial charge is 0.176 e. The molecule has 1 unspecified atom stereocenters. The molecule has 0 bridgehead atoms. The van der Waals surface area contributed by atoms with Gasteiger partial charge in [-0.1, -0.05) is 6.92 Å². The van der Waals surface area contributed by atoms with Gasteiger partial charge >= 0.3 is 0 Å². The second kappa shape index (κ2) is 6.48. The Morgan fingerprint density at radius 3 is 2.89 bits per heavy atom. The molecular formula is C14H17F2NOS. The average molecular weight is 285 g/mol. The maximum absolute atomic E-state index is 13.1. The molecule has 0 amide bonds. The number of hydrogen-bond acceptors (Lipinski definition) is 3. The standard InChI is InChI=1S/C14H17F2NOS/c1-2-11-8-17(5-6-19-11)9-14(18)10-3-4-12(15)13(16)7-10/h3-4,7,11H,2,5-6,8-9H2,1H3. The molecule has 1 aliphatic heterocycles. The summed E-state index contributed by atoms with van der Waals surface area (Å²) in [6.45, 7) is 4.17. The van der Waals surface area contributed by atoms with Crippen LogP contribution in [0.2, 0.25) is 0 Å². The van der Waals surface area contributed by atoms with Gasteiger partial charge in [-0.3, -0.25) is 9.69 Å². The topological polar surface area (TPSA) is 20.3 Å². The first-order valence-corrected chi connectivity index (χ1v) is 7.47. The predicted molar refractivity (Wildman–Crippen MR) is 73.7 cm³/mol. The van der Waals surface area contributed by atoms with Crippen LogP contribution in [0.3, 0.4) is 0 Å². The lowest BCUT2D eigenvalue weighted by Gasteiger charge is -2.31. The van der Waals surface area contributed by atoms with Crippen molar-refractivity contribution in [3.8, 4) is 0 Å². The predicted octanol–water partition coefficient (Wildman–Crippen LogP) is 2.97. The molecule has 1 saturated heterocycles. The summed E-state index contributed by atoms with van der Waals surface area (Å²) in [5.74, 6) is -1.02. The summed E-state index contributed by atoms with van der Waals surface area (Å²) in [5.41, 5.74) is 0.241. The Kier molecular flexibility index (Phi) is 4.93. The van der Waals surface area contributed by atoms with Crippen LogP contribution in [0.5, 0.6) is 0 Å². The molecule has 1 atom stereocenters. The van der Waals surface area contributed by atoms with E-state index in [-0.39, 0.29) is 17.9 Å². The molecule has 0 aliphatic carbocycles. The fraction of sp³-hybridized carbons (Fsp3) is 0.500. The van der Waals surface area contributed by atoms with Crippen molar-refractivity contribution in [1.82, 2.24) is 4.90 Å². The first kappa shape index (κ1) is 14.5. The molecule has 0 aromatic heterocycles. The van der Waals surface area contributed by atoms with E-state index in [4.69, 9.17) is 0 Å². The van der Waals surface area contributed by atoms with Crippen LogP contribution in [0, 0.1) is 11.6 Å². The molecule has 1 aliphatic rings. The van der Waals surface area contributed by atoms with Crippen LogP contribution in [-0.4, -0.2) is 41.3 Å². The van der Waals surface area contributed by atoms with Gasteiger partial charge < -0.3 is 0 Å². The van der Waals surface area contributed by atoms with E-state index in [1.807, 2.05) is 11.8 Å². The average Bonchev–Trinajstić information content (AvgIpc) is 2.42. The number of ketones is 1. The summed E-state index contributed by atoms with van der Waals surface area (Å²) in [4.78, 5) is 14.1. The highest BCUT2D eigenvalue weighted by atomic mass is 32.2. The number of nitrogens with zero attached hydrogens (tertiary/aromatic N) is 1. The Labute approximate surface area is 116 Å². The van der Waals surface area contributed by atoms with Crippen molar-refractivity contribution in [2.45, 2.75) is 18.6 Å². The number of carbonyl (C=O) groups is 1. The van der Waals surface area contributed by atoms with Crippen LogP contribution in [0.15, 0.2) is 18.2 Å². The Morgan fingerprint density at radius 1 is 1.42 bits per heavy atom. The van der Waals surface area contributed by atoms with E-state index < -0.39 is 11.6 Å². The summed E-state index contributed by atoms with van der Waals surface area (Å²) in [5, 5.41) is 0.562. The highest BCUT2D eigenvalue weighted by Crippen LogP contribution is 2.21. The first-order valence-electron chi connectivity index (χ1n) is 6.42. The van der Waals surface area contributed by atoms with Gasteiger partial charge in [-0.05, 0) is 24.6 Å². The van der Waals surface area contributed by atoms with Gasteiger partial charge in [0.25, 0.3) is 0 Å². The molecular weight excluding hydrogens is 268 g/mol. The van der Waals surface area contributed by atoms with Crippen LogP contribution in [0.25, 0.3) is 0 Å². The third-order valence-electron chi connectivity index (χ3n) is 3.29. The third kappa shape index (κ3) is 3.76. The number of hydrogen-bond donors (Lipinski definition) is 0. The van der Waals surface area contributed by atoms with Crippen molar-refractivity contribution in [1.29, 1.82) is 0 Å². The van der Waals surface area contributed by atoms with E-state index in [1.54, 1.807) is 0 Å². The van der Waals surface area contributed by atoms with Crippen molar-refractivity contribution in [3.05, 3.63) is 35.4 Å². The van der Waals surface area contributed by atoms with Crippen LogP contribution in [-0.2, 0) is 0 Å². The lowest BCUT2D eigenvalue weighted by molar-refractivity contribution is 0.0932. The van der Waals surface area contributed by atoms with Gasteiger partial charge in [-0.25, -0.2) is 8.78 Å². The largest absolute Gasteiger partial charge is 0.294 e. The molecule has 2 rings (SSSR count). The molecule has 5 heteroatoms. The van der Waals surface area contributed by atoms with Gasteiger partial charge in [0.15, 0.2) is 17.4 Å². The first-order chi connectivity index (χ1) is 9.10. The number of Topliss-reactive ketones (excluding diaryl/α,β-unsaturated/α-hetero) is 1. The Morgan fingerprint density at radius 2 is 2.21 bits per heavy atom. The minimum absolute atomic E-state index is 0.152. The van der Waals surface area contributed by atoms with Gasteiger partial charge in [-0.2, -0.15) is 11.8 Å². The number of benzene rings is 1. The number of halogens is 2. The molecule has 1 heterocycles. The molecule has 1 fully saturated rings. The maximum atomic E-state index is 13.1. The molecule has 0 spiro atoms. The Balaban J connectivity index is 1.98. The van der Waals surface area contributed by atoms with Crippen LogP contribution >= 0.6 is 11.8 Å². The lowest BCUT2D eigenvalue weighted by atomic mass is 10.1. The van der Waals surface area contributed by atoms with Crippen molar-refractivity contribution in [3.63, 3.8) is 0 Å². The van der Waals surface area contributed by atoms with Crippen molar-refractivity contribution in [2.75, 3.05) is 25.4 Å². The highest BCUT2D eigenvalue weighted by molar-refractivity contribution is 8.00. The quantitative estimate of drug-likeness (QED) is 0.793. The van der Waals surface area contributed by atoms with Gasteiger partial charge in [0.2, 0.25) is 0 Å². The molecule has 0 N–H and O–H groups in total. The second-order valence-corrected chi connectivity index (χ2v) is 6.10. The second-order valence-electron chi connectivity index (χ2n) is 4.69. The lowest BCUT2D eigenvalue weighted by Crippen LogP contribution is -2.40. The van der Waals surface area contributed by atoms with E-state index in [0.717, 1.165) is 37.4 Å². The monoisotopic (exact) mass is 285 g/mol. The Hall–Kier alpha value is -0.940. The van der Waals surface area contributed by atoms with E-state index in [0.29, 0.717) is 5.25 Å². The number of thioether (sulfide) groups is 1. The zero-order valence-corrected chi connectivity index (χ0v) is 11.7. The van der Waals surface area contributed by atoms with Gasteiger partial charge in [0.1, 0.15) is 0 Å². The van der Waals surface area contributed by atoms with Crippen LogP contribution in [0.1, 0.15) is 23.7 Å². The molecule has 19 heavy (non-hydrogen) atoms. The minimum atomic E-state index is -0.966. The van der Waals surface area contributed by atoms with Gasteiger partial charge in [-0.15, -0.1) is 0 Å². The van der Waals surface area contributed by atoms with Crippen molar-refractivity contribution >= 4 is 17.5 Å². The highest BCUT2D eigenvalue weighted by Gasteiger charge is 2.21. The van der Waals surface area contributed by atoms with E-state index in [1.165, 1.54) is 6.07 Å². The normalized spacial score (nSPS) is 20.5. The molecule has 0 radical (unpaired) electrons. The SMILES string of the molecule is CCC1CN(CC(=O)c2ccc(F)c(F)c2)CCS1. The van der Waals surface area contributed by atoms with Crippen LogP contribution < -0.4 is 0 Å².